The summed E-state index contributed by atoms with van der Waals surface area (Å²) in [5.41, 5.74) is 0.989. The number of aliphatic hydroxyl groups is 1. The van der Waals surface area contributed by atoms with Crippen LogP contribution in [0.1, 0.15) is 22.6 Å². The molecule has 2 heterocycles. The third kappa shape index (κ3) is 4.82. The fourth-order valence-electron chi connectivity index (χ4n) is 3.18. The summed E-state index contributed by atoms with van der Waals surface area (Å²) in [7, 11) is 0. The molecule has 0 spiro atoms. The van der Waals surface area contributed by atoms with E-state index in [1.807, 2.05) is 72.9 Å². The van der Waals surface area contributed by atoms with Crippen LogP contribution in [0, 0.1) is 0 Å². The molecule has 6 nitrogen and oxygen atoms in total. The van der Waals surface area contributed by atoms with Crippen molar-refractivity contribution in [1.82, 2.24) is 20.4 Å². The number of nitrogens with zero attached hydrogens (tertiary/aromatic N) is 2. The van der Waals surface area contributed by atoms with Crippen molar-refractivity contribution in [2.24, 2.45) is 0 Å². The fourth-order valence-corrected chi connectivity index (χ4v) is 4.23. The van der Waals surface area contributed by atoms with Gasteiger partial charge in [-0.1, -0.05) is 48.5 Å². The first-order valence-corrected chi connectivity index (χ1v) is 10.2. The summed E-state index contributed by atoms with van der Waals surface area (Å²) < 4.78 is 2.90. The van der Waals surface area contributed by atoms with Crippen LogP contribution in [0.3, 0.4) is 0 Å². The molecule has 2 atom stereocenters. The Morgan fingerprint density at radius 1 is 1.10 bits per heavy atom. The lowest BCUT2D eigenvalue weighted by atomic mass is 10.1. The molecule has 4 rings (SSSR count). The molecule has 3 N–H and O–H groups in total. The molecule has 7 heteroatoms. The van der Waals surface area contributed by atoms with Crippen LogP contribution in [0.4, 0.5) is 4.79 Å². The molecular weight excluding hydrogens is 384 g/mol. The SMILES string of the molecule is O=C(NCC(O)c1cc2ccccc2s1)NC(Cn1cccn1)c1ccccc1. The summed E-state index contributed by atoms with van der Waals surface area (Å²) in [6.45, 7) is 0.658. The zero-order valence-electron chi connectivity index (χ0n) is 15.7. The third-order valence-electron chi connectivity index (χ3n) is 4.67. The van der Waals surface area contributed by atoms with Crippen molar-refractivity contribution in [2.45, 2.75) is 18.7 Å². The Labute approximate surface area is 172 Å². The average molecular weight is 407 g/mol. The molecule has 148 valence electrons. The van der Waals surface area contributed by atoms with E-state index in [9.17, 15) is 9.90 Å². The van der Waals surface area contributed by atoms with E-state index in [4.69, 9.17) is 0 Å². The number of carbonyl (C=O) groups is 1. The van der Waals surface area contributed by atoms with E-state index in [0.717, 1.165) is 20.5 Å². The normalized spacial score (nSPS) is 13.1. The van der Waals surface area contributed by atoms with Crippen molar-refractivity contribution in [3.63, 3.8) is 0 Å². The smallest absolute Gasteiger partial charge is 0.315 e. The molecule has 2 unspecified atom stereocenters. The number of thiophene rings is 1. The van der Waals surface area contributed by atoms with Gasteiger partial charge in [-0.3, -0.25) is 4.68 Å². The van der Waals surface area contributed by atoms with Gasteiger partial charge in [0.1, 0.15) is 6.10 Å². The Morgan fingerprint density at radius 2 is 1.90 bits per heavy atom. The minimum Gasteiger partial charge on any atom is -0.386 e. The Morgan fingerprint density at radius 3 is 2.66 bits per heavy atom. The van der Waals surface area contributed by atoms with Gasteiger partial charge in [0.15, 0.2) is 0 Å². The van der Waals surface area contributed by atoms with Crippen molar-refractivity contribution in [2.75, 3.05) is 6.54 Å². The number of aromatic nitrogens is 2. The van der Waals surface area contributed by atoms with E-state index < -0.39 is 6.10 Å². The first-order chi connectivity index (χ1) is 14.2. The number of rotatable bonds is 7. The molecule has 0 aliphatic carbocycles. The van der Waals surface area contributed by atoms with Crippen LogP contribution < -0.4 is 10.6 Å². The van der Waals surface area contributed by atoms with Gasteiger partial charge in [0.2, 0.25) is 0 Å². The first-order valence-electron chi connectivity index (χ1n) is 9.42. The van der Waals surface area contributed by atoms with Crippen LogP contribution in [-0.4, -0.2) is 27.5 Å². The summed E-state index contributed by atoms with van der Waals surface area (Å²) in [6, 6.07) is 21.0. The van der Waals surface area contributed by atoms with Crippen LogP contribution in [0.5, 0.6) is 0 Å². The van der Waals surface area contributed by atoms with Gasteiger partial charge < -0.3 is 15.7 Å². The summed E-state index contributed by atoms with van der Waals surface area (Å²) in [6.07, 6.45) is 2.82. The number of urea groups is 1. The molecule has 0 saturated carbocycles. The monoisotopic (exact) mass is 406 g/mol. The fraction of sp³-hybridized carbons (Fsp3) is 0.182. The zero-order chi connectivity index (χ0) is 20.1. The molecule has 0 fully saturated rings. The van der Waals surface area contributed by atoms with Gasteiger partial charge in [-0.15, -0.1) is 11.3 Å². The minimum atomic E-state index is -0.751. The van der Waals surface area contributed by atoms with Crippen LogP contribution in [0.15, 0.2) is 79.1 Å². The molecule has 2 aromatic carbocycles. The Balaban J connectivity index is 1.38. The number of benzene rings is 2. The molecular formula is C22H22N4O2S. The van der Waals surface area contributed by atoms with E-state index in [1.54, 1.807) is 10.9 Å². The van der Waals surface area contributed by atoms with Gasteiger partial charge >= 0.3 is 6.03 Å². The lowest BCUT2D eigenvalue weighted by molar-refractivity contribution is 0.175. The van der Waals surface area contributed by atoms with Gasteiger partial charge in [-0.05, 0) is 29.1 Å². The highest BCUT2D eigenvalue weighted by Crippen LogP contribution is 2.29. The molecule has 0 bridgehead atoms. The predicted molar refractivity (Wildman–Crippen MR) is 115 cm³/mol. The molecule has 0 aliphatic heterocycles. The van der Waals surface area contributed by atoms with Crippen molar-refractivity contribution >= 4 is 27.5 Å². The molecule has 2 aromatic heterocycles. The predicted octanol–water partition coefficient (Wildman–Crippen LogP) is 3.87. The lowest BCUT2D eigenvalue weighted by Gasteiger charge is -2.20. The lowest BCUT2D eigenvalue weighted by Crippen LogP contribution is -2.41. The van der Waals surface area contributed by atoms with Gasteiger partial charge in [-0.2, -0.15) is 5.10 Å². The number of nitrogens with one attached hydrogen (secondary N) is 2. The summed E-state index contributed by atoms with van der Waals surface area (Å²) in [5.74, 6) is 0. The molecule has 2 amide bonds. The van der Waals surface area contributed by atoms with Crippen LogP contribution in [-0.2, 0) is 6.54 Å². The van der Waals surface area contributed by atoms with Crippen LogP contribution in [0.2, 0.25) is 0 Å². The second kappa shape index (κ2) is 8.89. The van der Waals surface area contributed by atoms with Crippen LogP contribution in [0.25, 0.3) is 10.1 Å². The molecule has 0 aliphatic rings. The topological polar surface area (TPSA) is 79.2 Å². The van der Waals surface area contributed by atoms with Crippen LogP contribution >= 0.6 is 11.3 Å². The Kier molecular flexibility index (Phi) is 5.88. The van der Waals surface area contributed by atoms with Crippen molar-refractivity contribution < 1.29 is 9.90 Å². The van der Waals surface area contributed by atoms with Gasteiger partial charge in [-0.25, -0.2) is 4.79 Å². The highest BCUT2D eigenvalue weighted by molar-refractivity contribution is 7.19. The molecule has 0 saturated heterocycles. The van der Waals surface area contributed by atoms with Gasteiger partial charge in [0, 0.05) is 22.0 Å². The number of hydrogen-bond acceptors (Lipinski definition) is 4. The second-order valence-corrected chi connectivity index (χ2v) is 7.86. The van der Waals surface area contributed by atoms with E-state index in [1.165, 1.54) is 11.3 Å². The number of amides is 2. The summed E-state index contributed by atoms with van der Waals surface area (Å²) in [5, 5.41) is 21.6. The Hall–Kier alpha value is -3.16. The largest absolute Gasteiger partial charge is 0.386 e. The average Bonchev–Trinajstić information content (AvgIpc) is 3.42. The van der Waals surface area contributed by atoms with E-state index in [0.29, 0.717) is 6.54 Å². The van der Waals surface area contributed by atoms with Crippen molar-refractivity contribution in [3.05, 3.63) is 89.6 Å². The maximum atomic E-state index is 12.5. The zero-order valence-corrected chi connectivity index (χ0v) is 16.5. The summed E-state index contributed by atoms with van der Waals surface area (Å²) in [4.78, 5) is 13.3. The highest BCUT2D eigenvalue weighted by Gasteiger charge is 2.17. The van der Waals surface area contributed by atoms with Crippen molar-refractivity contribution in [3.8, 4) is 0 Å². The standard InChI is InChI=1S/C22H22N4O2S/c27-19(21-13-17-9-4-5-10-20(17)29-21)14-23-22(28)25-18(15-26-12-6-11-24-26)16-7-2-1-3-8-16/h1-13,18-19,27H,14-15H2,(H2,23,25,28). The maximum absolute atomic E-state index is 12.5. The number of aliphatic hydroxyl groups excluding tert-OH is 1. The van der Waals surface area contributed by atoms with E-state index in [2.05, 4.69) is 15.7 Å². The maximum Gasteiger partial charge on any atom is 0.315 e. The number of hydrogen-bond donors (Lipinski definition) is 3. The number of carbonyl (C=O) groups excluding carboxylic acids is 1. The van der Waals surface area contributed by atoms with E-state index in [-0.39, 0.29) is 18.6 Å². The van der Waals surface area contributed by atoms with Gasteiger partial charge in [0.05, 0.1) is 19.1 Å². The van der Waals surface area contributed by atoms with E-state index >= 15 is 0 Å². The Bertz CT molecular complexity index is 1030. The minimum absolute atomic E-state index is 0.141. The summed E-state index contributed by atoms with van der Waals surface area (Å²) >= 11 is 1.54. The quantitative estimate of drug-likeness (QED) is 0.436. The number of fused-ring (bicyclic) bond motifs is 1. The molecule has 0 radical (unpaired) electrons. The first kappa shape index (κ1) is 19.2. The van der Waals surface area contributed by atoms with Gasteiger partial charge in [0.25, 0.3) is 0 Å². The third-order valence-corrected chi connectivity index (χ3v) is 5.88. The molecule has 4 aromatic rings. The second-order valence-electron chi connectivity index (χ2n) is 6.75. The van der Waals surface area contributed by atoms with Crippen molar-refractivity contribution in [1.29, 1.82) is 0 Å². The highest BCUT2D eigenvalue weighted by atomic mass is 32.1. The molecule has 29 heavy (non-hydrogen) atoms.